The molecule has 0 atom stereocenters. The molecule has 0 bridgehead atoms. The highest BCUT2D eigenvalue weighted by Crippen LogP contribution is 2.13. The van der Waals surface area contributed by atoms with E-state index in [1.165, 1.54) is 7.11 Å². The molecule has 3 aromatic rings. The predicted octanol–water partition coefficient (Wildman–Crippen LogP) is 2.94. The normalized spacial score (nSPS) is 10.3. The van der Waals surface area contributed by atoms with Gasteiger partial charge >= 0.3 is 11.9 Å². The highest BCUT2D eigenvalue weighted by atomic mass is 16.5. The van der Waals surface area contributed by atoms with Crippen LogP contribution in [0.15, 0.2) is 67.0 Å². The Morgan fingerprint density at radius 2 is 1.81 bits per heavy atom. The number of benzene rings is 2. The van der Waals surface area contributed by atoms with Gasteiger partial charge in [0.25, 0.3) is 0 Å². The maximum absolute atomic E-state index is 12.1. The van der Waals surface area contributed by atoms with Gasteiger partial charge in [-0.05, 0) is 35.4 Å². The second kappa shape index (κ2) is 8.11. The highest BCUT2D eigenvalue weighted by molar-refractivity contribution is 5.92. The van der Waals surface area contributed by atoms with E-state index in [9.17, 15) is 9.59 Å². The molecule has 132 valence electrons. The molecule has 0 saturated carbocycles. The van der Waals surface area contributed by atoms with Crippen LogP contribution in [0.3, 0.4) is 0 Å². The number of ether oxygens (including phenoxy) is 2. The van der Waals surface area contributed by atoms with Gasteiger partial charge in [0.05, 0.1) is 24.8 Å². The Kier molecular flexibility index (Phi) is 5.43. The summed E-state index contributed by atoms with van der Waals surface area (Å²) < 4.78 is 11.8. The number of esters is 2. The fourth-order valence-electron chi connectivity index (χ4n) is 2.52. The van der Waals surface area contributed by atoms with Gasteiger partial charge in [0.1, 0.15) is 6.61 Å². The van der Waals surface area contributed by atoms with Crippen molar-refractivity contribution in [2.75, 3.05) is 7.11 Å². The van der Waals surface area contributed by atoms with Gasteiger partial charge in [-0.25, -0.2) is 9.48 Å². The molecule has 0 spiro atoms. The average Bonchev–Trinajstić information content (AvgIpc) is 3.21. The van der Waals surface area contributed by atoms with Gasteiger partial charge in [-0.1, -0.05) is 30.3 Å². The Bertz CT molecular complexity index is 886. The van der Waals surface area contributed by atoms with E-state index in [4.69, 9.17) is 9.47 Å². The van der Waals surface area contributed by atoms with Crippen molar-refractivity contribution in [3.63, 3.8) is 0 Å². The van der Waals surface area contributed by atoms with Gasteiger partial charge in [0.15, 0.2) is 0 Å². The molecule has 0 aliphatic carbocycles. The van der Waals surface area contributed by atoms with E-state index < -0.39 is 11.9 Å². The van der Waals surface area contributed by atoms with Crippen LogP contribution >= 0.6 is 0 Å². The van der Waals surface area contributed by atoms with Crippen molar-refractivity contribution in [3.8, 4) is 5.69 Å². The van der Waals surface area contributed by atoms with Crippen molar-refractivity contribution in [1.82, 2.24) is 9.78 Å². The molecule has 26 heavy (non-hydrogen) atoms. The molecular weight excluding hydrogens is 332 g/mol. The lowest BCUT2D eigenvalue weighted by molar-refractivity contribution is -0.144. The number of carbonyl (C=O) groups excluding carboxylic acids is 2. The molecule has 0 saturated heterocycles. The Balaban J connectivity index is 1.59. The first-order chi connectivity index (χ1) is 12.7. The van der Waals surface area contributed by atoms with Crippen molar-refractivity contribution in [2.45, 2.75) is 13.0 Å². The fourth-order valence-corrected chi connectivity index (χ4v) is 2.52. The summed E-state index contributed by atoms with van der Waals surface area (Å²) >= 11 is 0. The van der Waals surface area contributed by atoms with Crippen LogP contribution in [-0.4, -0.2) is 28.8 Å². The first-order valence-corrected chi connectivity index (χ1v) is 8.08. The fraction of sp³-hybridized carbons (Fsp3) is 0.150. The van der Waals surface area contributed by atoms with Crippen molar-refractivity contribution in [1.29, 1.82) is 0 Å². The Labute approximate surface area is 151 Å². The molecule has 0 N–H and O–H groups in total. The van der Waals surface area contributed by atoms with Gasteiger partial charge in [-0.15, -0.1) is 0 Å². The van der Waals surface area contributed by atoms with E-state index in [1.54, 1.807) is 35.1 Å². The molecule has 6 heteroatoms. The minimum Gasteiger partial charge on any atom is -0.465 e. The van der Waals surface area contributed by atoms with Crippen molar-refractivity contribution in [3.05, 3.63) is 83.7 Å². The van der Waals surface area contributed by atoms with Crippen LogP contribution in [0.5, 0.6) is 0 Å². The molecular formula is C20H18N2O4. The quantitative estimate of drug-likeness (QED) is 0.639. The minimum absolute atomic E-state index is 0.0106. The van der Waals surface area contributed by atoms with Crippen LogP contribution in [0.25, 0.3) is 5.69 Å². The largest absolute Gasteiger partial charge is 0.465 e. The highest BCUT2D eigenvalue weighted by Gasteiger charge is 2.14. The molecule has 0 aliphatic heterocycles. The van der Waals surface area contributed by atoms with E-state index in [0.29, 0.717) is 11.1 Å². The summed E-state index contributed by atoms with van der Waals surface area (Å²) in [5.41, 5.74) is 2.75. The minimum atomic E-state index is -0.470. The summed E-state index contributed by atoms with van der Waals surface area (Å²) in [6, 6.07) is 16.3. The second-order valence-electron chi connectivity index (χ2n) is 5.60. The lowest BCUT2D eigenvalue weighted by Crippen LogP contribution is -2.12. The van der Waals surface area contributed by atoms with Crippen molar-refractivity contribution < 1.29 is 19.1 Å². The summed E-state index contributed by atoms with van der Waals surface area (Å²) in [5.74, 6) is -0.875. The topological polar surface area (TPSA) is 70.4 Å². The van der Waals surface area contributed by atoms with Gasteiger partial charge < -0.3 is 9.47 Å². The van der Waals surface area contributed by atoms with Crippen LogP contribution in [0.4, 0.5) is 0 Å². The number of methoxy groups -OCH3 is 1. The molecule has 1 heterocycles. The second-order valence-corrected chi connectivity index (χ2v) is 5.60. The Morgan fingerprint density at radius 1 is 1.04 bits per heavy atom. The predicted molar refractivity (Wildman–Crippen MR) is 94.8 cm³/mol. The van der Waals surface area contributed by atoms with Crippen molar-refractivity contribution >= 4 is 11.9 Å². The first-order valence-electron chi connectivity index (χ1n) is 8.08. The maximum Gasteiger partial charge on any atom is 0.338 e. The smallest absolute Gasteiger partial charge is 0.338 e. The first kappa shape index (κ1) is 17.4. The van der Waals surface area contributed by atoms with Gasteiger partial charge in [0, 0.05) is 12.4 Å². The molecule has 3 rings (SSSR count). The standard InChI is InChI=1S/C20H18N2O4/c1-25-20(24)18-6-3-2-5-16(18)13-19(23)26-14-15-7-9-17(10-8-15)22-12-4-11-21-22/h2-12H,13-14H2,1H3. The Hall–Kier alpha value is -3.41. The summed E-state index contributed by atoms with van der Waals surface area (Å²) in [4.78, 5) is 23.9. The van der Waals surface area contributed by atoms with Crippen LogP contribution in [0.2, 0.25) is 0 Å². The zero-order chi connectivity index (χ0) is 18.4. The summed E-state index contributed by atoms with van der Waals surface area (Å²) in [6.45, 7) is 0.165. The molecule has 2 aromatic carbocycles. The van der Waals surface area contributed by atoms with Crippen LogP contribution in [0.1, 0.15) is 21.5 Å². The number of rotatable bonds is 6. The number of aromatic nitrogens is 2. The van der Waals surface area contributed by atoms with E-state index in [1.807, 2.05) is 36.5 Å². The van der Waals surface area contributed by atoms with Gasteiger partial charge in [0.2, 0.25) is 0 Å². The SMILES string of the molecule is COC(=O)c1ccccc1CC(=O)OCc1ccc(-n2cccn2)cc1. The van der Waals surface area contributed by atoms with E-state index in [0.717, 1.165) is 11.3 Å². The zero-order valence-corrected chi connectivity index (χ0v) is 14.3. The third kappa shape index (κ3) is 4.16. The summed E-state index contributed by atoms with van der Waals surface area (Å²) in [5, 5.41) is 4.16. The molecule has 0 amide bonds. The average molecular weight is 350 g/mol. The van der Waals surface area contributed by atoms with E-state index >= 15 is 0 Å². The third-order valence-corrected chi connectivity index (χ3v) is 3.86. The lowest BCUT2D eigenvalue weighted by Gasteiger charge is -2.09. The number of hydrogen-bond donors (Lipinski definition) is 0. The summed E-state index contributed by atoms with van der Waals surface area (Å²) in [7, 11) is 1.31. The monoisotopic (exact) mass is 350 g/mol. The molecule has 1 aromatic heterocycles. The van der Waals surface area contributed by atoms with E-state index in [2.05, 4.69) is 5.10 Å². The number of carbonyl (C=O) groups is 2. The molecule has 0 radical (unpaired) electrons. The molecule has 0 fully saturated rings. The van der Waals surface area contributed by atoms with Crippen LogP contribution in [-0.2, 0) is 27.3 Å². The Morgan fingerprint density at radius 3 is 2.50 bits per heavy atom. The zero-order valence-electron chi connectivity index (χ0n) is 14.3. The molecule has 0 aliphatic rings. The van der Waals surface area contributed by atoms with Gasteiger partial charge in [-0.3, -0.25) is 4.79 Å². The number of nitrogens with zero attached hydrogens (tertiary/aromatic N) is 2. The lowest BCUT2D eigenvalue weighted by atomic mass is 10.0. The van der Waals surface area contributed by atoms with Crippen LogP contribution < -0.4 is 0 Å². The molecule has 0 unspecified atom stereocenters. The number of hydrogen-bond acceptors (Lipinski definition) is 5. The van der Waals surface area contributed by atoms with Crippen LogP contribution in [0, 0.1) is 0 Å². The van der Waals surface area contributed by atoms with Gasteiger partial charge in [-0.2, -0.15) is 5.10 Å². The maximum atomic E-state index is 12.1. The summed E-state index contributed by atoms with van der Waals surface area (Å²) in [6.07, 6.45) is 3.58. The van der Waals surface area contributed by atoms with Crippen molar-refractivity contribution in [2.24, 2.45) is 0 Å². The third-order valence-electron chi connectivity index (χ3n) is 3.86. The molecule has 6 nitrogen and oxygen atoms in total. The van der Waals surface area contributed by atoms with E-state index in [-0.39, 0.29) is 13.0 Å².